The van der Waals surface area contributed by atoms with Gasteiger partial charge in [-0.2, -0.15) is 5.10 Å². The Morgan fingerprint density at radius 1 is 1.38 bits per heavy atom. The molecule has 0 saturated carbocycles. The van der Waals surface area contributed by atoms with Crippen LogP contribution in [0.15, 0.2) is 6.07 Å². The highest BCUT2D eigenvalue weighted by molar-refractivity contribution is 5.92. The zero-order valence-corrected chi connectivity index (χ0v) is 10.8. The minimum atomic E-state index is -0.00517. The van der Waals surface area contributed by atoms with Crippen LogP contribution in [0.1, 0.15) is 50.8 Å². The number of aromatic nitrogens is 2. The van der Waals surface area contributed by atoms with Crippen molar-refractivity contribution in [1.29, 1.82) is 0 Å². The van der Waals surface area contributed by atoms with Crippen LogP contribution in [0.5, 0.6) is 0 Å². The Kier molecular flexibility index (Phi) is 3.73. The molecule has 1 aromatic rings. The summed E-state index contributed by atoms with van der Waals surface area (Å²) in [4.78, 5) is 13.8. The van der Waals surface area contributed by atoms with Gasteiger partial charge >= 0.3 is 0 Å². The molecule has 0 atom stereocenters. The van der Waals surface area contributed by atoms with Crippen LogP contribution < -0.4 is 0 Å². The molecule has 0 unspecified atom stereocenters. The Morgan fingerprint density at radius 2 is 1.94 bits per heavy atom. The van der Waals surface area contributed by atoms with Crippen molar-refractivity contribution in [2.45, 2.75) is 40.0 Å². The van der Waals surface area contributed by atoms with Gasteiger partial charge in [-0.3, -0.25) is 9.89 Å². The topological polar surface area (TPSA) is 49.0 Å². The van der Waals surface area contributed by atoms with E-state index in [9.17, 15) is 4.79 Å². The SMILES string of the molecule is CCN(CC)C(=O)c1cc(C(C)(C)C)[nH]n1. The van der Waals surface area contributed by atoms with E-state index in [-0.39, 0.29) is 11.3 Å². The fraction of sp³-hybridized carbons (Fsp3) is 0.667. The van der Waals surface area contributed by atoms with Gasteiger partial charge in [-0.15, -0.1) is 0 Å². The van der Waals surface area contributed by atoms with Gasteiger partial charge in [-0.25, -0.2) is 0 Å². The van der Waals surface area contributed by atoms with Crippen molar-refractivity contribution in [1.82, 2.24) is 15.1 Å². The van der Waals surface area contributed by atoms with E-state index >= 15 is 0 Å². The summed E-state index contributed by atoms with van der Waals surface area (Å²) in [5, 5.41) is 7.02. The van der Waals surface area contributed by atoms with Crippen LogP contribution in [0.25, 0.3) is 0 Å². The average molecular weight is 223 g/mol. The Morgan fingerprint density at radius 3 is 2.31 bits per heavy atom. The third-order valence-corrected chi connectivity index (χ3v) is 2.66. The number of nitrogens with zero attached hydrogens (tertiary/aromatic N) is 2. The molecule has 0 bridgehead atoms. The van der Waals surface area contributed by atoms with Gasteiger partial charge in [0.15, 0.2) is 0 Å². The standard InChI is InChI=1S/C12H21N3O/c1-6-15(7-2)11(16)9-8-10(14-13-9)12(3,4)5/h8H,6-7H2,1-5H3,(H,13,14). The second-order valence-electron chi connectivity index (χ2n) is 4.89. The van der Waals surface area contributed by atoms with Crippen molar-refractivity contribution in [3.63, 3.8) is 0 Å². The molecule has 1 rings (SSSR count). The number of hydrogen-bond donors (Lipinski definition) is 1. The maximum absolute atomic E-state index is 12.0. The first-order valence-electron chi connectivity index (χ1n) is 5.75. The van der Waals surface area contributed by atoms with Crippen molar-refractivity contribution in [3.8, 4) is 0 Å². The van der Waals surface area contributed by atoms with Gasteiger partial charge in [-0.05, 0) is 19.9 Å². The lowest BCUT2D eigenvalue weighted by Crippen LogP contribution is -2.30. The lowest BCUT2D eigenvalue weighted by Gasteiger charge is -2.17. The normalized spacial score (nSPS) is 11.6. The first-order valence-corrected chi connectivity index (χ1v) is 5.75. The Hall–Kier alpha value is -1.32. The van der Waals surface area contributed by atoms with E-state index in [1.807, 2.05) is 19.9 Å². The number of aromatic amines is 1. The summed E-state index contributed by atoms with van der Waals surface area (Å²) in [6, 6.07) is 1.85. The third kappa shape index (κ3) is 2.62. The highest BCUT2D eigenvalue weighted by Gasteiger charge is 2.21. The van der Waals surface area contributed by atoms with Crippen molar-refractivity contribution in [2.75, 3.05) is 13.1 Å². The molecule has 0 aliphatic rings. The molecule has 1 heterocycles. The molecule has 4 heteroatoms. The summed E-state index contributed by atoms with van der Waals surface area (Å²) in [6.07, 6.45) is 0. The van der Waals surface area contributed by atoms with Gasteiger partial charge in [0.2, 0.25) is 0 Å². The lowest BCUT2D eigenvalue weighted by atomic mass is 9.92. The monoisotopic (exact) mass is 223 g/mol. The van der Waals surface area contributed by atoms with Crippen LogP contribution in [0.4, 0.5) is 0 Å². The smallest absolute Gasteiger partial charge is 0.274 e. The quantitative estimate of drug-likeness (QED) is 0.854. The fourth-order valence-electron chi connectivity index (χ4n) is 1.49. The largest absolute Gasteiger partial charge is 0.338 e. The molecule has 0 fully saturated rings. The Labute approximate surface area is 97.0 Å². The number of H-pyrrole nitrogens is 1. The van der Waals surface area contributed by atoms with Crippen molar-refractivity contribution >= 4 is 5.91 Å². The highest BCUT2D eigenvalue weighted by Crippen LogP contribution is 2.20. The van der Waals surface area contributed by atoms with Crippen LogP contribution in [0, 0.1) is 0 Å². The molecule has 0 spiro atoms. The summed E-state index contributed by atoms with van der Waals surface area (Å²) in [7, 11) is 0. The third-order valence-electron chi connectivity index (χ3n) is 2.66. The predicted molar refractivity (Wildman–Crippen MR) is 64.5 cm³/mol. The van der Waals surface area contributed by atoms with Crippen molar-refractivity contribution < 1.29 is 4.79 Å². The molecular formula is C12H21N3O. The van der Waals surface area contributed by atoms with Gasteiger partial charge in [-0.1, -0.05) is 20.8 Å². The minimum absolute atomic E-state index is 0.00301. The minimum Gasteiger partial charge on any atom is -0.338 e. The lowest BCUT2D eigenvalue weighted by molar-refractivity contribution is 0.0767. The fourth-order valence-corrected chi connectivity index (χ4v) is 1.49. The first-order chi connectivity index (χ1) is 7.40. The molecule has 4 nitrogen and oxygen atoms in total. The van der Waals surface area contributed by atoms with E-state index in [4.69, 9.17) is 0 Å². The van der Waals surface area contributed by atoms with Gasteiger partial charge in [0, 0.05) is 24.2 Å². The van der Waals surface area contributed by atoms with Gasteiger partial charge in [0.25, 0.3) is 5.91 Å². The van der Waals surface area contributed by atoms with Crippen LogP contribution >= 0.6 is 0 Å². The molecule has 90 valence electrons. The number of rotatable bonds is 3. The predicted octanol–water partition coefficient (Wildman–Crippen LogP) is 2.19. The number of hydrogen-bond acceptors (Lipinski definition) is 2. The molecule has 0 saturated heterocycles. The van der Waals surface area contributed by atoms with Crippen molar-refractivity contribution in [2.24, 2.45) is 0 Å². The second-order valence-corrected chi connectivity index (χ2v) is 4.89. The average Bonchev–Trinajstić information content (AvgIpc) is 2.67. The zero-order chi connectivity index (χ0) is 12.3. The number of carbonyl (C=O) groups excluding carboxylic acids is 1. The summed E-state index contributed by atoms with van der Waals surface area (Å²) in [5.41, 5.74) is 1.49. The van der Waals surface area contributed by atoms with Crippen LogP contribution in [-0.2, 0) is 5.41 Å². The Bertz CT molecular complexity index is 359. The Balaban J connectivity index is 2.90. The number of amides is 1. The molecule has 1 amide bonds. The maximum Gasteiger partial charge on any atom is 0.274 e. The summed E-state index contributed by atoms with van der Waals surface area (Å²) >= 11 is 0. The van der Waals surface area contributed by atoms with Gasteiger partial charge in [0.1, 0.15) is 5.69 Å². The van der Waals surface area contributed by atoms with Gasteiger partial charge < -0.3 is 4.90 Å². The number of carbonyl (C=O) groups is 1. The molecule has 16 heavy (non-hydrogen) atoms. The molecule has 0 aliphatic carbocycles. The van der Waals surface area contributed by atoms with E-state index in [1.54, 1.807) is 4.90 Å². The van der Waals surface area contributed by atoms with E-state index in [0.717, 1.165) is 5.69 Å². The molecule has 1 aromatic heterocycles. The van der Waals surface area contributed by atoms with Crippen LogP contribution in [-0.4, -0.2) is 34.1 Å². The summed E-state index contributed by atoms with van der Waals surface area (Å²) in [5.74, 6) is -0.00301. The van der Waals surface area contributed by atoms with E-state index < -0.39 is 0 Å². The number of nitrogens with one attached hydrogen (secondary N) is 1. The van der Waals surface area contributed by atoms with Crippen LogP contribution in [0.3, 0.4) is 0 Å². The molecule has 0 aromatic carbocycles. The summed E-state index contributed by atoms with van der Waals surface area (Å²) < 4.78 is 0. The first kappa shape index (κ1) is 12.7. The van der Waals surface area contributed by atoms with Gasteiger partial charge in [0.05, 0.1) is 0 Å². The van der Waals surface area contributed by atoms with E-state index in [0.29, 0.717) is 18.8 Å². The summed E-state index contributed by atoms with van der Waals surface area (Å²) in [6.45, 7) is 11.6. The second kappa shape index (κ2) is 4.68. The molecular weight excluding hydrogens is 202 g/mol. The van der Waals surface area contributed by atoms with Crippen LogP contribution in [0.2, 0.25) is 0 Å². The highest BCUT2D eigenvalue weighted by atomic mass is 16.2. The van der Waals surface area contributed by atoms with E-state index in [1.165, 1.54) is 0 Å². The zero-order valence-electron chi connectivity index (χ0n) is 10.8. The van der Waals surface area contributed by atoms with E-state index in [2.05, 4.69) is 31.0 Å². The van der Waals surface area contributed by atoms with Crippen molar-refractivity contribution in [3.05, 3.63) is 17.5 Å². The molecule has 0 aliphatic heterocycles. The molecule has 1 N–H and O–H groups in total. The molecule has 0 radical (unpaired) electrons. The maximum atomic E-state index is 12.0.